The highest BCUT2D eigenvalue weighted by Gasteiger charge is 2.03. The third-order valence-electron chi connectivity index (χ3n) is 2.68. The topological polar surface area (TPSA) is 94.5 Å². The Morgan fingerprint density at radius 1 is 1.38 bits per heavy atom. The molecule has 108 valence electrons. The molecule has 1 aromatic carbocycles. The molecule has 1 aromatic heterocycles. The van der Waals surface area contributed by atoms with Crippen molar-refractivity contribution in [1.29, 1.82) is 0 Å². The van der Waals surface area contributed by atoms with Crippen LogP contribution in [0.3, 0.4) is 0 Å². The summed E-state index contributed by atoms with van der Waals surface area (Å²) in [6.07, 6.45) is 1.84. The van der Waals surface area contributed by atoms with E-state index in [1.807, 2.05) is 0 Å². The fourth-order valence-corrected chi connectivity index (χ4v) is 2.39. The standard InChI is InChI=1S/C13H12FN5OS/c14-11-3-1-9(2-4-11)8-21-13-16-7-10(12(20)18-13)5-6-17-19-15/h1-4,7H,5-6,8H2,(H,16,18,20). The minimum absolute atomic E-state index is 0.226. The van der Waals surface area contributed by atoms with E-state index in [9.17, 15) is 9.18 Å². The maximum atomic E-state index is 12.8. The second-order valence-corrected chi connectivity index (χ2v) is 5.13. The molecule has 0 atom stereocenters. The van der Waals surface area contributed by atoms with Crippen LogP contribution in [-0.4, -0.2) is 16.5 Å². The zero-order chi connectivity index (χ0) is 15.1. The first-order valence-electron chi connectivity index (χ1n) is 6.15. The molecule has 0 spiro atoms. The number of halogens is 1. The van der Waals surface area contributed by atoms with Gasteiger partial charge in [0.05, 0.1) is 0 Å². The molecule has 0 saturated heterocycles. The van der Waals surface area contributed by atoms with E-state index in [2.05, 4.69) is 20.0 Å². The number of hydrogen-bond acceptors (Lipinski definition) is 4. The molecule has 0 fully saturated rings. The average molecular weight is 305 g/mol. The average Bonchev–Trinajstić information content (AvgIpc) is 2.49. The molecule has 0 radical (unpaired) electrons. The van der Waals surface area contributed by atoms with Crippen molar-refractivity contribution in [2.45, 2.75) is 17.3 Å². The van der Waals surface area contributed by atoms with Crippen molar-refractivity contribution < 1.29 is 4.39 Å². The van der Waals surface area contributed by atoms with Crippen molar-refractivity contribution in [3.63, 3.8) is 0 Å². The molecule has 0 saturated carbocycles. The van der Waals surface area contributed by atoms with Crippen molar-refractivity contribution in [3.05, 3.63) is 68.2 Å². The Kier molecular flexibility index (Phi) is 5.36. The maximum absolute atomic E-state index is 12.8. The first-order valence-corrected chi connectivity index (χ1v) is 7.14. The molecule has 1 N–H and O–H groups in total. The number of azide groups is 1. The van der Waals surface area contributed by atoms with Crippen LogP contribution < -0.4 is 5.56 Å². The molecule has 6 nitrogen and oxygen atoms in total. The van der Waals surface area contributed by atoms with E-state index >= 15 is 0 Å². The molecule has 2 aromatic rings. The number of aromatic amines is 1. The second kappa shape index (κ2) is 7.47. The lowest BCUT2D eigenvalue weighted by Gasteiger charge is -2.02. The number of H-pyrrole nitrogens is 1. The van der Waals surface area contributed by atoms with E-state index in [4.69, 9.17) is 5.53 Å². The van der Waals surface area contributed by atoms with E-state index in [0.29, 0.717) is 22.9 Å². The van der Waals surface area contributed by atoms with Gasteiger partial charge in [-0.2, -0.15) is 0 Å². The molecule has 8 heteroatoms. The molecule has 0 aliphatic heterocycles. The third kappa shape index (κ3) is 4.62. The minimum atomic E-state index is -0.278. The van der Waals surface area contributed by atoms with E-state index < -0.39 is 0 Å². The van der Waals surface area contributed by atoms with E-state index in [1.165, 1.54) is 30.1 Å². The summed E-state index contributed by atoms with van der Waals surface area (Å²) in [5.74, 6) is 0.307. The largest absolute Gasteiger partial charge is 0.301 e. The molecule has 1 heterocycles. The van der Waals surface area contributed by atoms with E-state index in [1.54, 1.807) is 12.1 Å². The Labute approximate surface area is 124 Å². The predicted octanol–water partition coefficient (Wildman–Crippen LogP) is 3.05. The van der Waals surface area contributed by atoms with Crippen LogP contribution in [0.4, 0.5) is 4.39 Å². The summed E-state index contributed by atoms with van der Waals surface area (Å²) in [6.45, 7) is 0.226. The second-order valence-electron chi connectivity index (χ2n) is 4.16. The van der Waals surface area contributed by atoms with Crippen LogP contribution in [0.2, 0.25) is 0 Å². The summed E-state index contributed by atoms with van der Waals surface area (Å²) in [5.41, 5.74) is 9.37. The Bertz CT molecular complexity index is 709. The number of benzene rings is 1. The Morgan fingerprint density at radius 3 is 2.81 bits per heavy atom. The van der Waals surface area contributed by atoms with Crippen LogP contribution in [-0.2, 0) is 12.2 Å². The molecule has 0 aliphatic rings. The van der Waals surface area contributed by atoms with Crippen LogP contribution in [0.25, 0.3) is 10.4 Å². The summed E-state index contributed by atoms with van der Waals surface area (Å²) in [7, 11) is 0. The monoisotopic (exact) mass is 305 g/mol. The fraction of sp³-hybridized carbons (Fsp3) is 0.231. The fourth-order valence-electron chi connectivity index (χ4n) is 1.60. The smallest absolute Gasteiger partial charge is 0.254 e. The molecular formula is C13H12FN5OS. The number of thioether (sulfide) groups is 1. The highest BCUT2D eigenvalue weighted by Crippen LogP contribution is 2.18. The Balaban J connectivity index is 1.98. The van der Waals surface area contributed by atoms with Crippen molar-refractivity contribution in [3.8, 4) is 0 Å². The van der Waals surface area contributed by atoms with Gasteiger partial charge in [-0.05, 0) is 29.6 Å². The van der Waals surface area contributed by atoms with Crippen LogP contribution in [0.1, 0.15) is 11.1 Å². The Hall–Kier alpha value is -2.31. The van der Waals surface area contributed by atoms with Gasteiger partial charge in [0.25, 0.3) is 5.56 Å². The highest BCUT2D eigenvalue weighted by atomic mass is 32.2. The zero-order valence-corrected chi connectivity index (χ0v) is 11.8. The zero-order valence-electron chi connectivity index (χ0n) is 11.0. The molecule has 0 unspecified atom stereocenters. The summed E-state index contributed by atoms with van der Waals surface area (Å²) < 4.78 is 12.8. The Morgan fingerprint density at radius 2 is 2.14 bits per heavy atom. The summed E-state index contributed by atoms with van der Waals surface area (Å²) in [5, 5.41) is 3.87. The first kappa shape index (κ1) is 15.1. The van der Waals surface area contributed by atoms with Crippen molar-refractivity contribution >= 4 is 11.8 Å². The van der Waals surface area contributed by atoms with Gasteiger partial charge < -0.3 is 4.98 Å². The SMILES string of the molecule is [N-]=[N+]=NCCc1cnc(SCc2ccc(F)cc2)[nH]c1=O. The predicted molar refractivity (Wildman–Crippen MR) is 78.5 cm³/mol. The minimum Gasteiger partial charge on any atom is -0.301 e. The maximum Gasteiger partial charge on any atom is 0.254 e. The van der Waals surface area contributed by atoms with Crippen molar-refractivity contribution in [1.82, 2.24) is 9.97 Å². The molecule has 2 rings (SSSR count). The van der Waals surface area contributed by atoms with Gasteiger partial charge in [-0.1, -0.05) is 29.0 Å². The van der Waals surface area contributed by atoms with E-state index in [-0.39, 0.29) is 17.9 Å². The lowest BCUT2D eigenvalue weighted by molar-refractivity contribution is 0.627. The van der Waals surface area contributed by atoms with E-state index in [0.717, 1.165) is 5.56 Å². The molecule has 0 bridgehead atoms. The number of aromatic nitrogens is 2. The summed E-state index contributed by atoms with van der Waals surface area (Å²) in [6, 6.07) is 6.17. The molecular weight excluding hydrogens is 293 g/mol. The lowest BCUT2D eigenvalue weighted by atomic mass is 10.2. The van der Waals surface area contributed by atoms with Crippen LogP contribution in [0.15, 0.2) is 45.5 Å². The molecule has 0 aliphatic carbocycles. The summed E-state index contributed by atoms with van der Waals surface area (Å²) in [4.78, 5) is 21.2. The molecule has 0 amide bonds. The number of hydrogen-bond donors (Lipinski definition) is 1. The summed E-state index contributed by atoms with van der Waals surface area (Å²) >= 11 is 1.36. The normalized spacial score (nSPS) is 10.1. The first-order chi connectivity index (χ1) is 10.2. The van der Waals surface area contributed by atoms with Crippen molar-refractivity contribution in [2.75, 3.05) is 6.54 Å². The molecule has 21 heavy (non-hydrogen) atoms. The van der Waals surface area contributed by atoms with Gasteiger partial charge in [-0.15, -0.1) is 0 Å². The van der Waals surface area contributed by atoms with Crippen molar-refractivity contribution in [2.24, 2.45) is 5.11 Å². The van der Waals surface area contributed by atoms with Gasteiger partial charge in [0.2, 0.25) is 0 Å². The van der Waals surface area contributed by atoms with Gasteiger partial charge in [0.15, 0.2) is 5.16 Å². The lowest BCUT2D eigenvalue weighted by Crippen LogP contribution is -2.15. The van der Waals surface area contributed by atoms with Gasteiger partial charge >= 0.3 is 0 Å². The van der Waals surface area contributed by atoms with Crippen LogP contribution in [0.5, 0.6) is 0 Å². The number of nitrogens with one attached hydrogen (secondary N) is 1. The van der Waals surface area contributed by atoms with Gasteiger partial charge in [-0.3, -0.25) is 4.79 Å². The van der Waals surface area contributed by atoms with Gasteiger partial charge in [0.1, 0.15) is 5.82 Å². The quantitative estimate of drug-likeness (QED) is 0.292. The van der Waals surface area contributed by atoms with Gasteiger partial charge in [-0.25, -0.2) is 9.37 Å². The highest BCUT2D eigenvalue weighted by molar-refractivity contribution is 7.98. The number of rotatable bonds is 6. The van der Waals surface area contributed by atoms with Crippen LogP contribution >= 0.6 is 11.8 Å². The third-order valence-corrected chi connectivity index (χ3v) is 3.64. The van der Waals surface area contributed by atoms with Gasteiger partial charge in [0, 0.05) is 29.0 Å². The van der Waals surface area contributed by atoms with Crippen LogP contribution in [0, 0.1) is 5.82 Å². The number of nitrogens with zero attached hydrogens (tertiary/aromatic N) is 4.